The molecule has 0 bridgehead atoms. The maximum atomic E-state index is 14.1. The van der Waals surface area contributed by atoms with Crippen molar-refractivity contribution >= 4 is 23.4 Å². The third-order valence-corrected chi connectivity index (χ3v) is 4.67. The second-order valence-electron chi connectivity index (χ2n) is 7.23. The van der Waals surface area contributed by atoms with Crippen LogP contribution in [0.15, 0.2) is 48.5 Å². The van der Waals surface area contributed by atoms with Crippen molar-refractivity contribution in [1.82, 2.24) is 10.2 Å². The van der Waals surface area contributed by atoms with E-state index >= 15 is 0 Å². The van der Waals surface area contributed by atoms with Gasteiger partial charge in [-0.3, -0.25) is 9.59 Å². The van der Waals surface area contributed by atoms with E-state index in [2.05, 4.69) is 5.32 Å². The van der Waals surface area contributed by atoms with Crippen molar-refractivity contribution in [2.75, 3.05) is 6.54 Å². The van der Waals surface area contributed by atoms with E-state index in [4.69, 9.17) is 11.6 Å². The largest absolute Gasteiger partial charge is 0.354 e. The Morgan fingerprint density at radius 2 is 1.71 bits per heavy atom. The normalized spacial score (nSPS) is 11.9. The monoisotopic (exact) mass is 404 g/mol. The summed E-state index contributed by atoms with van der Waals surface area (Å²) in [7, 11) is 0. The Bertz CT molecular complexity index is 808. The van der Waals surface area contributed by atoms with Gasteiger partial charge in [-0.2, -0.15) is 0 Å². The maximum absolute atomic E-state index is 14.1. The van der Waals surface area contributed by atoms with Crippen molar-refractivity contribution in [3.63, 3.8) is 0 Å². The molecular formula is C22H26ClFN2O2. The molecule has 2 aromatic carbocycles. The number of nitrogens with zero attached hydrogens (tertiary/aromatic N) is 1. The molecule has 0 saturated heterocycles. The van der Waals surface area contributed by atoms with Crippen LogP contribution in [0.3, 0.4) is 0 Å². The van der Waals surface area contributed by atoms with Crippen LogP contribution in [0, 0.1) is 11.7 Å². The quantitative estimate of drug-likeness (QED) is 0.716. The van der Waals surface area contributed by atoms with Crippen molar-refractivity contribution < 1.29 is 14.0 Å². The number of amides is 2. The van der Waals surface area contributed by atoms with E-state index in [0.717, 1.165) is 5.56 Å². The number of halogens is 2. The summed E-state index contributed by atoms with van der Waals surface area (Å²) in [6.45, 7) is 6.19. The zero-order valence-electron chi connectivity index (χ0n) is 16.4. The second-order valence-corrected chi connectivity index (χ2v) is 7.67. The van der Waals surface area contributed by atoms with Crippen LogP contribution in [0.1, 0.15) is 31.9 Å². The fourth-order valence-electron chi connectivity index (χ4n) is 2.72. The molecule has 1 atom stereocenters. The number of benzene rings is 2. The van der Waals surface area contributed by atoms with Gasteiger partial charge in [-0.05, 0) is 36.6 Å². The first-order chi connectivity index (χ1) is 13.3. The summed E-state index contributed by atoms with van der Waals surface area (Å²) in [5, 5.41) is 3.43. The minimum absolute atomic E-state index is 0.0232. The zero-order valence-corrected chi connectivity index (χ0v) is 17.2. The standard InChI is InChI=1S/C22H26ClFN2O2/c1-15(2)13-25-22(28)16(3)26(14-18-6-4-5-7-20(18)24)21(27)12-17-8-10-19(23)11-9-17/h4-11,15-16H,12-14H2,1-3H3,(H,25,28)/t16-/m1/s1. The number of rotatable bonds is 8. The first kappa shape index (κ1) is 21.9. The summed E-state index contributed by atoms with van der Waals surface area (Å²) in [5.74, 6) is -0.616. The molecule has 0 aromatic heterocycles. The van der Waals surface area contributed by atoms with Gasteiger partial charge in [-0.15, -0.1) is 0 Å². The molecule has 150 valence electrons. The summed E-state index contributed by atoms with van der Waals surface area (Å²) in [4.78, 5) is 27.0. The van der Waals surface area contributed by atoms with Gasteiger partial charge in [-0.25, -0.2) is 4.39 Å². The number of hydrogen-bond donors (Lipinski definition) is 1. The lowest BCUT2D eigenvalue weighted by Crippen LogP contribution is -2.48. The van der Waals surface area contributed by atoms with E-state index in [9.17, 15) is 14.0 Å². The van der Waals surface area contributed by atoms with Crippen molar-refractivity contribution in [2.24, 2.45) is 5.92 Å². The smallest absolute Gasteiger partial charge is 0.242 e. The highest BCUT2D eigenvalue weighted by molar-refractivity contribution is 6.30. The number of nitrogens with one attached hydrogen (secondary N) is 1. The van der Waals surface area contributed by atoms with E-state index in [1.807, 2.05) is 13.8 Å². The molecule has 0 heterocycles. The first-order valence-corrected chi connectivity index (χ1v) is 9.70. The van der Waals surface area contributed by atoms with Gasteiger partial charge in [0.1, 0.15) is 11.9 Å². The zero-order chi connectivity index (χ0) is 20.7. The highest BCUT2D eigenvalue weighted by Gasteiger charge is 2.27. The van der Waals surface area contributed by atoms with Gasteiger partial charge in [0.25, 0.3) is 0 Å². The van der Waals surface area contributed by atoms with Crippen LogP contribution in [0.5, 0.6) is 0 Å². The van der Waals surface area contributed by atoms with Crippen LogP contribution in [-0.4, -0.2) is 29.3 Å². The topological polar surface area (TPSA) is 49.4 Å². The van der Waals surface area contributed by atoms with Crippen molar-refractivity contribution in [3.05, 3.63) is 70.5 Å². The third kappa shape index (κ3) is 6.34. The Balaban J connectivity index is 2.21. The van der Waals surface area contributed by atoms with Gasteiger partial charge < -0.3 is 10.2 Å². The van der Waals surface area contributed by atoms with Gasteiger partial charge in [0, 0.05) is 23.7 Å². The average Bonchev–Trinajstić information content (AvgIpc) is 2.66. The first-order valence-electron chi connectivity index (χ1n) is 9.33. The molecule has 2 amide bonds. The van der Waals surface area contributed by atoms with Gasteiger partial charge in [0.2, 0.25) is 11.8 Å². The van der Waals surface area contributed by atoms with E-state index in [1.165, 1.54) is 11.0 Å². The highest BCUT2D eigenvalue weighted by atomic mass is 35.5. The van der Waals surface area contributed by atoms with E-state index in [1.54, 1.807) is 49.4 Å². The van der Waals surface area contributed by atoms with Gasteiger partial charge in [0.15, 0.2) is 0 Å². The Morgan fingerprint density at radius 3 is 2.32 bits per heavy atom. The van der Waals surface area contributed by atoms with Crippen LogP contribution in [-0.2, 0) is 22.6 Å². The van der Waals surface area contributed by atoms with Crippen molar-refractivity contribution in [3.8, 4) is 0 Å². The Hall–Kier alpha value is -2.40. The third-order valence-electron chi connectivity index (χ3n) is 4.42. The average molecular weight is 405 g/mol. The maximum Gasteiger partial charge on any atom is 0.242 e. The molecule has 6 heteroatoms. The van der Waals surface area contributed by atoms with Crippen LogP contribution in [0.4, 0.5) is 4.39 Å². The highest BCUT2D eigenvalue weighted by Crippen LogP contribution is 2.16. The lowest BCUT2D eigenvalue weighted by Gasteiger charge is -2.29. The molecule has 0 aliphatic heterocycles. The minimum Gasteiger partial charge on any atom is -0.354 e. The molecule has 2 aromatic rings. The molecule has 0 aliphatic carbocycles. The predicted octanol–water partition coefficient (Wildman–Crippen LogP) is 4.21. The van der Waals surface area contributed by atoms with E-state index in [-0.39, 0.29) is 24.8 Å². The Kier molecular flexibility index (Phi) is 8.00. The summed E-state index contributed by atoms with van der Waals surface area (Å²) in [5.41, 5.74) is 1.15. The van der Waals surface area contributed by atoms with E-state index < -0.39 is 11.9 Å². The number of hydrogen-bond acceptors (Lipinski definition) is 2. The predicted molar refractivity (Wildman–Crippen MR) is 109 cm³/mol. The van der Waals surface area contributed by atoms with Crippen LogP contribution in [0.25, 0.3) is 0 Å². The summed E-state index contributed by atoms with van der Waals surface area (Å²) in [6.07, 6.45) is 0.105. The van der Waals surface area contributed by atoms with Gasteiger partial charge in [0.05, 0.1) is 6.42 Å². The van der Waals surface area contributed by atoms with Crippen LogP contribution in [0.2, 0.25) is 5.02 Å². The second kappa shape index (κ2) is 10.2. The minimum atomic E-state index is -0.724. The summed E-state index contributed by atoms with van der Waals surface area (Å²) >= 11 is 5.90. The lowest BCUT2D eigenvalue weighted by molar-refractivity contribution is -0.140. The number of carbonyl (C=O) groups is 2. The number of carbonyl (C=O) groups excluding carboxylic acids is 2. The summed E-state index contributed by atoms with van der Waals surface area (Å²) in [6, 6.07) is 12.5. The van der Waals surface area contributed by atoms with Crippen LogP contribution >= 0.6 is 11.6 Å². The molecular weight excluding hydrogens is 379 g/mol. The fraction of sp³-hybridized carbons (Fsp3) is 0.364. The molecule has 0 aliphatic rings. The fourth-order valence-corrected chi connectivity index (χ4v) is 2.85. The molecule has 0 spiro atoms. The summed E-state index contributed by atoms with van der Waals surface area (Å²) < 4.78 is 14.1. The van der Waals surface area contributed by atoms with Crippen molar-refractivity contribution in [1.29, 1.82) is 0 Å². The Labute approximate surface area is 170 Å². The molecule has 0 radical (unpaired) electrons. The Morgan fingerprint density at radius 1 is 1.07 bits per heavy atom. The van der Waals surface area contributed by atoms with Gasteiger partial charge >= 0.3 is 0 Å². The van der Waals surface area contributed by atoms with Crippen LogP contribution < -0.4 is 5.32 Å². The molecule has 28 heavy (non-hydrogen) atoms. The molecule has 0 unspecified atom stereocenters. The van der Waals surface area contributed by atoms with Crippen molar-refractivity contribution in [2.45, 2.75) is 39.8 Å². The molecule has 1 N–H and O–H groups in total. The lowest BCUT2D eigenvalue weighted by atomic mass is 10.1. The molecule has 0 saturated carbocycles. The molecule has 2 rings (SSSR count). The molecule has 0 fully saturated rings. The SMILES string of the molecule is CC(C)CNC(=O)[C@@H](C)N(Cc1ccccc1F)C(=O)Cc1ccc(Cl)cc1. The van der Waals surface area contributed by atoms with E-state index in [0.29, 0.717) is 23.0 Å². The van der Waals surface area contributed by atoms with Gasteiger partial charge in [-0.1, -0.05) is 55.8 Å². The molecule has 4 nitrogen and oxygen atoms in total.